The smallest absolute Gasteiger partial charge is 0.323 e. The Morgan fingerprint density at radius 2 is 1.79 bits per heavy atom. The van der Waals surface area contributed by atoms with E-state index in [-0.39, 0.29) is 6.03 Å². The van der Waals surface area contributed by atoms with Crippen LogP contribution in [0.4, 0.5) is 9.93 Å². The summed E-state index contributed by atoms with van der Waals surface area (Å²) in [6.07, 6.45) is 9.44. The maximum atomic E-state index is 12.2. The second-order valence-corrected chi connectivity index (χ2v) is 6.51. The maximum Gasteiger partial charge on any atom is 0.323 e. The number of urea groups is 1. The molecule has 0 saturated carbocycles. The van der Waals surface area contributed by atoms with Gasteiger partial charge in [-0.1, -0.05) is 12.8 Å². The fraction of sp³-hybridized carbons (Fsp3) is 0.714. The van der Waals surface area contributed by atoms with E-state index in [1.165, 1.54) is 36.3 Å². The second kappa shape index (κ2) is 5.90. The van der Waals surface area contributed by atoms with Crippen molar-refractivity contribution in [3.05, 3.63) is 10.6 Å². The summed E-state index contributed by atoms with van der Waals surface area (Å²) in [4.78, 5) is 20.1. The number of fused-ring (bicyclic) bond motifs is 1. The summed E-state index contributed by atoms with van der Waals surface area (Å²) < 4.78 is 0. The van der Waals surface area contributed by atoms with Crippen molar-refractivity contribution < 1.29 is 4.79 Å². The van der Waals surface area contributed by atoms with Gasteiger partial charge in [0.05, 0.1) is 5.69 Å². The van der Waals surface area contributed by atoms with Crippen LogP contribution in [0.15, 0.2) is 0 Å². The first-order chi connectivity index (χ1) is 9.33. The van der Waals surface area contributed by atoms with Crippen LogP contribution in [-0.4, -0.2) is 29.0 Å². The molecule has 104 valence electrons. The van der Waals surface area contributed by atoms with Crippen LogP contribution in [0, 0.1) is 0 Å². The third kappa shape index (κ3) is 3.08. The average molecular weight is 279 g/mol. The molecule has 2 heterocycles. The SMILES string of the molecule is O=C(Nc1nc2c(s1)CCCC2)N1CCCCCC1. The van der Waals surface area contributed by atoms with Crippen LogP contribution in [0.1, 0.15) is 49.1 Å². The molecule has 0 aromatic carbocycles. The highest BCUT2D eigenvalue weighted by molar-refractivity contribution is 7.15. The van der Waals surface area contributed by atoms with E-state index in [0.29, 0.717) is 0 Å². The molecule has 0 atom stereocenters. The normalized spacial score (nSPS) is 19.7. The molecular formula is C14H21N3OS. The van der Waals surface area contributed by atoms with E-state index in [0.717, 1.165) is 43.9 Å². The van der Waals surface area contributed by atoms with Crippen LogP contribution in [0.2, 0.25) is 0 Å². The number of aromatic nitrogens is 1. The van der Waals surface area contributed by atoms with E-state index in [1.807, 2.05) is 4.90 Å². The highest BCUT2D eigenvalue weighted by atomic mass is 32.1. The number of carbonyl (C=O) groups is 1. The predicted molar refractivity (Wildman–Crippen MR) is 77.8 cm³/mol. The zero-order valence-corrected chi connectivity index (χ0v) is 12.1. The van der Waals surface area contributed by atoms with Gasteiger partial charge in [-0.05, 0) is 38.5 Å². The zero-order chi connectivity index (χ0) is 13.1. The van der Waals surface area contributed by atoms with Crippen LogP contribution < -0.4 is 5.32 Å². The number of hydrogen-bond acceptors (Lipinski definition) is 3. The summed E-state index contributed by atoms with van der Waals surface area (Å²) in [6.45, 7) is 1.77. The van der Waals surface area contributed by atoms with E-state index in [4.69, 9.17) is 0 Å². The molecular weight excluding hydrogens is 258 g/mol. The first-order valence-corrected chi connectivity index (χ1v) is 8.19. The van der Waals surface area contributed by atoms with Crippen molar-refractivity contribution in [2.45, 2.75) is 51.4 Å². The van der Waals surface area contributed by atoms with Gasteiger partial charge in [0, 0.05) is 18.0 Å². The molecule has 0 spiro atoms. The van der Waals surface area contributed by atoms with Gasteiger partial charge in [-0.2, -0.15) is 0 Å². The minimum Gasteiger partial charge on any atom is -0.324 e. The lowest BCUT2D eigenvalue weighted by atomic mass is 10.0. The molecule has 4 nitrogen and oxygen atoms in total. The number of carbonyl (C=O) groups excluding carboxylic acids is 1. The number of anilines is 1. The first kappa shape index (κ1) is 12.9. The Balaban J connectivity index is 1.63. The van der Waals surface area contributed by atoms with Gasteiger partial charge in [-0.3, -0.25) is 5.32 Å². The van der Waals surface area contributed by atoms with Crippen LogP contribution in [0.25, 0.3) is 0 Å². The largest absolute Gasteiger partial charge is 0.324 e. The Kier molecular flexibility index (Phi) is 4.01. The number of nitrogens with zero attached hydrogens (tertiary/aromatic N) is 2. The van der Waals surface area contributed by atoms with Gasteiger partial charge in [0.25, 0.3) is 0 Å². The lowest BCUT2D eigenvalue weighted by Gasteiger charge is -2.19. The standard InChI is InChI=1S/C14H21N3OS/c18-14(17-9-5-1-2-6-10-17)16-13-15-11-7-3-4-8-12(11)19-13/h1-10H2,(H,15,16,18). The van der Waals surface area contributed by atoms with Crippen molar-refractivity contribution in [3.63, 3.8) is 0 Å². The summed E-state index contributed by atoms with van der Waals surface area (Å²) in [5.41, 5.74) is 1.21. The average Bonchev–Trinajstić information content (AvgIpc) is 2.63. The van der Waals surface area contributed by atoms with Gasteiger partial charge in [0.2, 0.25) is 0 Å². The summed E-state index contributed by atoms with van der Waals surface area (Å²) in [5, 5.41) is 3.78. The molecule has 0 bridgehead atoms. The molecule has 1 N–H and O–H groups in total. The number of thiazole rings is 1. The van der Waals surface area contributed by atoms with Crippen molar-refractivity contribution in [3.8, 4) is 0 Å². The van der Waals surface area contributed by atoms with Crippen molar-refractivity contribution in [1.82, 2.24) is 9.88 Å². The van der Waals surface area contributed by atoms with Crippen LogP contribution in [0.5, 0.6) is 0 Å². The van der Waals surface area contributed by atoms with E-state index in [2.05, 4.69) is 10.3 Å². The number of rotatable bonds is 1. The Hall–Kier alpha value is -1.10. The lowest BCUT2D eigenvalue weighted by Crippen LogP contribution is -2.35. The van der Waals surface area contributed by atoms with Crippen LogP contribution in [0.3, 0.4) is 0 Å². The van der Waals surface area contributed by atoms with Gasteiger partial charge in [-0.25, -0.2) is 9.78 Å². The number of hydrogen-bond donors (Lipinski definition) is 1. The van der Waals surface area contributed by atoms with Crippen LogP contribution in [-0.2, 0) is 12.8 Å². The maximum absolute atomic E-state index is 12.2. The summed E-state index contributed by atoms with van der Waals surface area (Å²) in [7, 11) is 0. The molecule has 0 unspecified atom stereocenters. The van der Waals surface area contributed by atoms with E-state index >= 15 is 0 Å². The lowest BCUT2D eigenvalue weighted by molar-refractivity contribution is 0.214. The highest BCUT2D eigenvalue weighted by Crippen LogP contribution is 2.29. The van der Waals surface area contributed by atoms with Crippen molar-refractivity contribution >= 4 is 22.5 Å². The van der Waals surface area contributed by atoms with Gasteiger partial charge in [0.15, 0.2) is 5.13 Å². The zero-order valence-electron chi connectivity index (χ0n) is 11.3. The van der Waals surface area contributed by atoms with Gasteiger partial charge < -0.3 is 4.90 Å². The van der Waals surface area contributed by atoms with Gasteiger partial charge in [-0.15, -0.1) is 11.3 Å². The van der Waals surface area contributed by atoms with E-state index < -0.39 is 0 Å². The first-order valence-electron chi connectivity index (χ1n) is 7.37. The molecule has 0 radical (unpaired) electrons. The third-order valence-electron chi connectivity index (χ3n) is 3.95. The van der Waals surface area contributed by atoms with Crippen molar-refractivity contribution in [2.24, 2.45) is 0 Å². The number of likely N-dealkylation sites (tertiary alicyclic amines) is 1. The molecule has 1 aliphatic heterocycles. The fourth-order valence-corrected chi connectivity index (χ4v) is 3.89. The molecule has 1 aromatic heterocycles. The summed E-state index contributed by atoms with van der Waals surface area (Å²) in [6, 6.07) is 0.0352. The second-order valence-electron chi connectivity index (χ2n) is 5.43. The van der Waals surface area contributed by atoms with Crippen molar-refractivity contribution in [1.29, 1.82) is 0 Å². The summed E-state index contributed by atoms with van der Waals surface area (Å²) in [5.74, 6) is 0. The summed E-state index contributed by atoms with van der Waals surface area (Å²) >= 11 is 1.66. The Bertz CT molecular complexity index is 426. The minimum absolute atomic E-state index is 0.0352. The Labute approximate surface area is 118 Å². The molecule has 1 aromatic rings. The molecule has 1 aliphatic carbocycles. The van der Waals surface area contributed by atoms with Gasteiger partial charge in [0.1, 0.15) is 0 Å². The molecule has 19 heavy (non-hydrogen) atoms. The Morgan fingerprint density at radius 3 is 2.53 bits per heavy atom. The van der Waals surface area contributed by atoms with E-state index in [9.17, 15) is 4.79 Å². The minimum atomic E-state index is 0.0352. The molecule has 5 heteroatoms. The predicted octanol–water partition coefficient (Wildman–Crippen LogP) is 3.43. The monoisotopic (exact) mass is 279 g/mol. The number of nitrogens with one attached hydrogen (secondary N) is 1. The van der Waals surface area contributed by atoms with Crippen molar-refractivity contribution in [2.75, 3.05) is 18.4 Å². The fourth-order valence-electron chi connectivity index (χ4n) is 2.85. The molecule has 2 aliphatic rings. The Morgan fingerprint density at radius 1 is 1.05 bits per heavy atom. The number of amides is 2. The molecule has 1 saturated heterocycles. The topological polar surface area (TPSA) is 45.2 Å². The molecule has 2 amide bonds. The quantitative estimate of drug-likeness (QED) is 0.856. The molecule has 1 fully saturated rings. The molecule has 3 rings (SSSR count). The third-order valence-corrected chi connectivity index (χ3v) is 5.03. The van der Waals surface area contributed by atoms with Gasteiger partial charge >= 0.3 is 6.03 Å². The highest BCUT2D eigenvalue weighted by Gasteiger charge is 2.19. The number of aryl methyl sites for hydroxylation is 2. The van der Waals surface area contributed by atoms with Crippen LogP contribution >= 0.6 is 11.3 Å². The van der Waals surface area contributed by atoms with E-state index in [1.54, 1.807) is 11.3 Å².